The summed E-state index contributed by atoms with van der Waals surface area (Å²) in [6.07, 6.45) is 1.46. The van der Waals surface area contributed by atoms with E-state index in [2.05, 4.69) is 16.4 Å². The van der Waals surface area contributed by atoms with Crippen molar-refractivity contribution in [3.8, 4) is 34.8 Å². The fraction of sp³-hybridized carbons (Fsp3) is 0.304. The van der Waals surface area contributed by atoms with Crippen molar-refractivity contribution in [3.05, 3.63) is 36.0 Å². The van der Waals surface area contributed by atoms with E-state index in [9.17, 15) is 5.26 Å². The molecule has 3 rings (SSSR count). The topological polar surface area (TPSA) is 94.9 Å². The number of anilines is 2. The minimum atomic E-state index is -0.0570. The zero-order valence-corrected chi connectivity index (χ0v) is 18.4. The molecular weight excluding hydrogens is 398 g/mol. The summed E-state index contributed by atoms with van der Waals surface area (Å²) in [5.41, 5.74) is 2.26. The highest BCUT2D eigenvalue weighted by molar-refractivity contribution is 5.97. The molecule has 1 aromatic heterocycles. The average molecular weight is 423 g/mol. The average Bonchev–Trinajstić information content (AvgIpc) is 2.78. The molecule has 31 heavy (non-hydrogen) atoms. The molecule has 0 aliphatic rings. The van der Waals surface area contributed by atoms with Crippen molar-refractivity contribution in [2.24, 2.45) is 0 Å². The smallest absolute Gasteiger partial charge is 0.203 e. The highest BCUT2D eigenvalue weighted by atomic mass is 16.5. The largest absolute Gasteiger partial charge is 0.493 e. The number of methoxy groups -OCH3 is 4. The summed E-state index contributed by atoms with van der Waals surface area (Å²) in [6, 6.07) is 9.31. The molecule has 0 saturated heterocycles. The summed E-state index contributed by atoms with van der Waals surface area (Å²) in [5, 5.41) is 13.7. The third-order valence-corrected chi connectivity index (χ3v) is 4.58. The van der Waals surface area contributed by atoms with E-state index in [0.717, 1.165) is 0 Å². The lowest BCUT2D eigenvalue weighted by atomic mass is 10.1. The Bertz CT molecular complexity index is 1110. The Morgan fingerprint density at radius 2 is 1.45 bits per heavy atom. The van der Waals surface area contributed by atoms with Crippen LogP contribution in [-0.2, 0) is 0 Å². The number of hydrogen-bond acceptors (Lipinski definition) is 8. The number of hydrogen-bond donors (Lipinski definition) is 1. The van der Waals surface area contributed by atoms with E-state index in [4.69, 9.17) is 23.7 Å². The van der Waals surface area contributed by atoms with Crippen molar-refractivity contribution in [3.63, 3.8) is 0 Å². The van der Waals surface area contributed by atoms with Gasteiger partial charge in [-0.1, -0.05) is 0 Å². The number of nitriles is 1. The number of nitrogens with one attached hydrogen (secondary N) is 1. The van der Waals surface area contributed by atoms with Gasteiger partial charge in [0.1, 0.15) is 6.07 Å². The van der Waals surface area contributed by atoms with E-state index in [1.165, 1.54) is 6.20 Å². The molecule has 0 fully saturated rings. The molecule has 3 aromatic rings. The third kappa shape index (κ3) is 4.36. The van der Waals surface area contributed by atoms with Crippen molar-refractivity contribution in [2.75, 3.05) is 33.8 Å². The van der Waals surface area contributed by atoms with E-state index < -0.39 is 0 Å². The van der Waals surface area contributed by atoms with Crippen LogP contribution in [0.2, 0.25) is 0 Å². The van der Waals surface area contributed by atoms with Crippen LogP contribution in [0.15, 0.2) is 30.5 Å². The number of aromatic nitrogens is 1. The van der Waals surface area contributed by atoms with Gasteiger partial charge in [0.2, 0.25) is 5.75 Å². The quantitative estimate of drug-likeness (QED) is 0.558. The van der Waals surface area contributed by atoms with Crippen LogP contribution in [0.25, 0.3) is 10.9 Å². The normalized spacial score (nSPS) is 10.5. The number of benzene rings is 2. The van der Waals surface area contributed by atoms with Crippen molar-refractivity contribution < 1.29 is 23.7 Å². The Morgan fingerprint density at radius 1 is 0.871 bits per heavy atom. The summed E-state index contributed by atoms with van der Waals surface area (Å²) in [4.78, 5) is 4.39. The third-order valence-electron chi connectivity index (χ3n) is 4.58. The molecular formula is C23H25N3O5. The molecule has 8 heteroatoms. The highest BCUT2D eigenvalue weighted by Crippen LogP contribution is 2.43. The Kier molecular flexibility index (Phi) is 6.55. The van der Waals surface area contributed by atoms with Gasteiger partial charge in [-0.05, 0) is 19.9 Å². The minimum absolute atomic E-state index is 0.0570. The van der Waals surface area contributed by atoms with E-state index in [-0.39, 0.29) is 6.10 Å². The van der Waals surface area contributed by atoms with E-state index in [1.807, 2.05) is 13.8 Å². The fourth-order valence-corrected chi connectivity index (χ4v) is 3.19. The molecule has 0 saturated carbocycles. The van der Waals surface area contributed by atoms with Crippen LogP contribution in [0, 0.1) is 11.3 Å². The first kappa shape index (κ1) is 21.8. The molecule has 0 aliphatic heterocycles. The molecule has 8 nitrogen and oxygen atoms in total. The van der Waals surface area contributed by atoms with Gasteiger partial charge in [0, 0.05) is 35.5 Å². The molecule has 2 aromatic carbocycles. The Labute approximate surface area is 181 Å². The second kappa shape index (κ2) is 9.30. The Morgan fingerprint density at radius 3 is 1.97 bits per heavy atom. The number of pyridine rings is 1. The minimum Gasteiger partial charge on any atom is -0.493 e. The molecule has 0 spiro atoms. The zero-order valence-electron chi connectivity index (χ0n) is 18.4. The maximum atomic E-state index is 9.67. The van der Waals surface area contributed by atoms with Crippen molar-refractivity contribution >= 4 is 22.3 Å². The first-order valence-electron chi connectivity index (χ1n) is 9.60. The lowest BCUT2D eigenvalue weighted by Gasteiger charge is -2.19. The van der Waals surface area contributed by atoms with Crippen LogP contribution in [0.3, 0.4) is 0 Å². The maximum absolute atomic E-state index is 9.67. The number of ether oxygens (including phenoxy) is 5. The first-order valence-corrected chi connectivity index (χ1v) is 9.60. The number of rotatable bonds is 8. The second-order valence-electron chi connectivity index (χ2n) is 6.88. The van der Waals surface area contributed by atoms with Crippen LogP contribution in [0.5, 0.6) is 28.7 Å². The van der Waals surface area contributed by atoms with Gasteiger partial charge in [-0.2, -0.15) is 5.26 Å². The first-order chi connectivity index (χ1) is 14.9. The van der Waals surface area contributed by atoms with Gasteiger partial charge in [-0.3, -0.25) is 4.98 Å². The van der Waals surface area contributed by atoms with Crippen LogP contribution < -0.4 is 29.0 Å². The van der Waals surface area contributed by atoms with Gasteiger partial charge < -0.3 is 29.0 Å². The van der Waals surface area contributed by atoms with Crippen LogP contribution >= 0.6 is 0 Å². The SMILES string of the molecule is COc1cc2ncc(C#N)c(Nc3cc(OC)c(OC(C)C)c(OC)c3)c2cc1OC. The molecule has 162 valence electrons. The molecule has 0 unspecified atom stereocenters. The van der Waals surface area contributed by atoms with Gasteiger partial charge in [0.25, 0.3) is 0 Å². The van der Waals surface area contributed by atoms with Gasteiger partial charge >= 0.3 is 0 Å². The molecule has 0 aliphatic carbocycles. The molecule has 0 radical (unpaired) electrons. The van der Waals surface area contributed by atoms with Crippen molar-refractivity contribution in [2.45, 2.75) is 20.0 Å². The Balaban J connectivity index is 2.17. The second-order valence-corrected chi connectivity index (χ2v) is 6.88. The Hall–Kier alpha value is -3.86. The molecule has 1 N–H and O–H groups in total. The van der Waals surface area contributed by atoms with Gasteiger partial charge in [0.15, 0.2) is 23.0 Å². The van der Waals surface area contributed by atoms with Crippen LogP contribution in [-0.4, -0.2) is 39.5 Å². The predicted octanol–water partition coefficient (Wildman–Crippen LogP) is 4.67. The van der Waals surface area contributed by atoms with Crippen LogP contribution in [0.1, 0.15) is 19.4 Å². The van der Waals surface area contributed by atoms with Gasteiger partial charge in [-0.25, -0.2) is 0 Å². The summed E-state index contributed by atoms with van der Waals surface area (Å²) in [5.74, 6) is 2.61. The molecule has 0 amide bonds. The zero-order chi connectivity index (χ0) is 22.5. The lowest BCUT2D eigenvalue weighted by Crippen LogP contribution is -2.08. The molecule has 0 atom stereocenters. The number of fused-ring (bicyclic) bond motifs is 1. The molecule has 0 bridgehead atoms. The monoisotopic (exact) mass is 423 g/mol. The highest BCUT2D eigenvalue weighted by Gasteiger charge is 2.18. The van der Waals surface area contributed by atoms with E-state index >= 15 is 0 Å². The summed E-state index contributed by atoms with van der Waals surface area (Å²) >= 11 is 0. The fourth-order valence-electron chi connectivity index (χ4n) is 3.19. The summed E-state index contributed by atoms with van der Waals surface area (Å²) in [6.45, 7) is 3.85. The van der Waals surface area contributed by atoms with Gasteiger partial charge in [0.05, 0.1) is 51.3 Å². The van der Waals surface area contributed by atoms with Gasteiger partial charge in [-0.15, -0.1) is 0 Å². The van der Waals surface area contributed by atoms with E-state index in [1.54, 1.807) is 52.7 Å². The standard InChI is InChI=1S/C23H25N3O5/c1-13(2)31-23-20(29-5)7-15(8-21(23)30-6)26-22-14(11-24)12-25-17-10-19(28-4)18(27-3)9-16(17)22/h7-10,12-13H,1-6H3,(H,25,26). The van der Waals surface area contributed by atoms with Crippen molar-refractivity contribution in [1.82, 2.24) is 4.98 Å². The summed E-state index contributed by atoms with van der Waals surface area (Å²) in [7, 11) is 6.24. The number of nitrogens with zero attached hydrogens (tertiary/aromatic N) is 2. The maximum Gasteiger partial charge on any atom is 0.203 e. The molecule has 1 heterocycles. The van der Waals surface area contributed by atoms with Crippen LogP contribution in [0.4, 0.5) is 11.4 Å². The van der Waals surface area contributed by atoms with E-state index in [0.29, 0.717) is 56.6 Å². The lowest BCUT2D eigenvalue weighted by molar-refractivity contribution is 0.218. The summed E-state index contributed by atoms with van der Waals surface area (Å²) < 4.78 is 27.7. The van der Waals surface area contributed by atoms with Crippen molar-refractivity contribution in [1.29, 1.82) is 5.26 Å². The predicted molar refractivity (Wildman–Crippen MR) is 118 cm³/mol.